The first-order chi connectivity index (χ1) is 33.0. The number of rotatable bonds is 22. The molecular weight excluding hydrogens is 953 g/mol. The normalized spacial score (nSPS) is 25.8. The van der Waals surface area contributed by atoms with Crippen LogP contribution >= 0.6 is 48.0 Å². The first-order valence-electron chi connectivity index (χ1n) is 24.2. The van der Waals surface area contributed by atoms with E-state index in [0.29, 0.717) is 48.9 Å². The summed E-state index contributed by atoms with van der Waals surface area (Å²) in [7, 11) is 3.66. The van der Waals surface area contributed by atoms with Gasteiger partial charge in [0.25, 0.3) is 0 Å². The minimum Gasteiger partial charge on any atom is -0.377 e. The van der Waals surface area contributed by atoms with Crippen molar-refractivity contribution >= 4 is 81.6 Å². The number of hydrogen-bond donors (Lipinski definition) is 6. The van der Waals surface area contributed by atoms with Gasteiger partial charge in [-0.1, -0.05) is 113 Å². The number of benzene rings is 2. The SMILES string of the molecule is CN[C@@H](C)C(=S)N[C@H]1CCS[C@H]2CC(C)(C)[C@@H](C(=O)N[C@H](COCCOCCOC[C@@H](NC(=O)[C@H]3N4C(=O)[C@@H](NC(=S)[C@H](C)NC)CCS[C@H]4CC3(C)C)c3ccccc3)c3ccccc3)N2C1=O. The Bertz CT molecular complexity index is 1930. The molecule has 6 N–H and O–H groups in total. The molecule has 2 aromatic carbocycles. The van der Waals surface area contributed by atoms with Crippen LogP contribution in [0.2, 0.25) is 0 Å². The summed E-state index contributed by atoms with van der Waals surface area (Å²) in [6.45, 7) is 13.7. The zero-order valence-corrected chi connectivity index (χ0v) is 44.7. The van der Waals surface area contributed by atoms with Gasteiger partial charge in [0, 0.05) is 0 Å². The van der Waals surface area contributed by atoms with Crippen molar-refractivity contribution in [2.75, 3.05) is 65.2 Å². The molecule has 15 nitrogen and oxygen atoms in total. The molecule has 6 rings (SSSR count). The van der Waals surface area contributed by atoms with Crippen LogP contribution in [0.3, 0.4) is 0 Å². The van der Waals surface area contributed by atoms with Crippen LogP contribution in [0.15, 0.2) is 60.7 Å². The summed E-state index contributed by atoms with van der Waals surface area (Å²) in [5.41, 5.74) is 0.856. The highest BCUT2D eigenvalue weighted by Gasteiger charge is 2.56. The molecule has 4 fully saturated rings. The Morgan fingerprint density at radius 2 is 1.00 bits per heavy atom. The summed E-state index contributed by atoms with van der Waals surface area (Å²) in [4.78, 5) is 62.0. The molecule has 69 heavy (non-hydrogen) atoms. The van der Waals surface area contributed by atoms with Gasteiger partial charge in [-0.15, -0.1) is 23.5 Å². The van der Waals surface area contributed by atoms with Crippen molar-refractivity contribution in [2.45, 2.75) is 126 Å². The van der Waals surface area contributed by atoms with E-state index in [-0.39, 0.29) is 72.9 Å². The third-order valence-corrected chi connectivity index (χ3v) is 17.2. The number of ether oxygens (including phenoxy) is 3. The first-order valence-corrected chi connectivity index (χ1v) is 27.2. The standard InChI is InChI=1S/C50H74N8O7S4/c1-31(51-7)45(66)55-35-19-25-68-39-27-49(3,4)41(57(39)47(35)61)43(59)53-37(33-15-11-9-12-16-33)29-64-23-21-63-22-24-65-30-38(34-17-13-10-14-18-34)54-44(60)42-50(5,6)28-40-58(42)48(62)36(20-26-69-40)56-46(67)32(2)52-8/h9-18,31-32,35-42,51-52H,19-30H2,1-8H3,(H,53,59)(H,54,60)(H,55,66)(H,56,67)/t31-,32-,35-,36-,37+,38+,39-,40-,41+,42+/m0/s1. The first kappa shape index (κ1) is 54.9. The van der Waals surface area contributed by atoms with E-state index in [0.717, 1.165) is 22.6 Å². The summed E-state index contributed by atoms with van der Waals surface area (Å²) in [6.07, 6.45) is 2.65. The second kappa shape index (κ2) is 25.3. The van der Waals surface area contributed by atoms with Crippen LogP contribution in [0.25, 0.3) is 0 Å². The minimum atomic E-state index is -0.679. The highest BCUT2D eigenvalue weighted by molar-refractivity contribution is 8.00. The lowest BCUT2D eigenvalue weighted by atomic mass is 9.83. The molecule has 0 saturated carbocycles. The van der Waals surface area contributed by atoms with E-state index in [2.05, 4.69) is 59.6 Å². The molecule has 4 heterocycles. The van der Waals surface area contributed by atoms with E-state index in [1.54, 1.807) is 33.3 Å². The summed E-state index contributed by atoms with van der Waals surface area (Å²) in [5, 5.41) is 19.1. The van der Waals surface area contributed by atoms with Crippen LogP contribution in [-0.4, -0.2) is 156 Å². The second-order valence-electron chi connectivity index (χ2n) is 19.8. The van der Waals surface area contributed by atoms with E-state index in [9.17, 15) is 19.2 Å². The fourth-order valence-electron chi connectivity index (χ4n) is 9.61. The number of nitrogens with zero attached hydrogens (tertiary/aromatic N) is 2. The third-order valence-electron chi connectivity index (χ3n) is 13.7. The smallest absolute Gasteiger partial charge is 0.246 e. The van der Waals surface area contributed by atoms with Gasteiger partial charge in [-0.2, -0.15) is 0 Å². The Morgan fingerprint density at radius 3 is 1.36 bits per heavy atom. The van der Waals surface area contributed by atoms with Gasteiger partial charge in [-0.25, -0.2) is 0 Å². The molecule has 4 aliphatic rings. The maximum absolute atomic E-state index is 14.4. The zero-order valence-electron chi connectivity index (χ0n) is 41.4. The number of amides is 4. The van der Waals surface area contributed by atoms with Gasteiger partial charge in [-0.3, -0.25) is 19.2 Å². The van der Waals surface area contributed by atoms with Gasteiger partial charge < -0.3 is 55.9 Å². The van der Waals surface area contributed by atoms with E-state index in [4.69, 9.17) is 38.6 Å². The number of fused-ring (bicyclic) bond motifs is 2. The van der Waals surface area contributed by atoms with E-state index in [1.165, 1.54) is 0 Å². The second-order valence-corrected chi connectivity index (χ2v) is 23.2. The van der Waals surface area contributed by atoms with Crippen molar-refractivity contribution in [2.24, 2.45) is 10.8 Å². The largest absolute Gasteiger partial charge is 0.377 e. The number of thiocarbonyl (C=S) groups is 2. The molecule has 2 aromatic rings. The van der Waals surface area contributed by atoms with Crippen LogP contribution < -0.4 is 31.9 Å². The fourth-order valence-corrected chi connectivity index (χ4v) is 13.3. The van der Waals surface area contributed by atoms with Crippen molar-refractivity contribution in [1.82, 2.24) is 41.7 Å². The molecule has 0 radical (unpaired) electrons. The predicted octanol–water partition coefficient (Wildman–Crippen LogP) is 4.72. The number of carbonyl (C=O) groups excluding carboxylic acids is 4. The molecule has 0 unspecified atom stereocenters. The van der Waals surface area contributed by atoms with Crippen LogP contribution in [0.4, 0.5) is 0 Å². The highest BCUT2D eigenvalue weighted by Crippen LogP contribution is 2.48. The number of nitrogens with one attached hydrogen (secondary N) is 6. The number of carbonyl (C=O) groups is 4. The van der Waals surface area contributed by atoms with Crippen LogP contribution in [-0.2, 0) is 33.4 Å². The van der Waals surface area contributed by atoms with Crippen molar-refractivity contribution in [3.63, 3.8) is 0 Å². The summed E-state index contributed by atoms with van der Waals surface area (Å²) in [6, 6.07) is 15.9. The Labute approximate surface area is 428 Å². The molecule has 4 aliphatic heterocycles. The Balaban J connectivity index is 1.00. The summed E-state index contributed by atoms with van der Waals surface area (Å²) >= 11 is 14.7. The van der Waals surface area contributed by atoms with Gasteiger partial charge in [0.2, 0.25) is 23.6 Å². The van der Waals surface area contributed by atoms with Gasteiger partial charge in [0.05, 0.1) is 84.5 Å². The molecule has 4 amide bonds. The van der Waals surface area contributed by atoms with Gasteiger partial charge in [-0.05, 0) is 87.1 Å². The molecular formula is C50H74N8O7S4. The molecule has 0 aliphatic carbocycles. The van der Waals surface area contributed by atoms with Crippen LogP contribution in [0, 0.1) is 10.8 Å². The van der Waals surface area contributed by atoms with Gasteiger partial charge in [0.1, 0.15) is 24.2 Å². The molecule has 19 heteroatoms. The van der Waals surface area contributed by atoms with Crippen LogP contribution in [0.1, 0.15) is 90.4 Å². The summed E-state index contributed by atoms with van der Waals surface area (Å²) < 4.78 is 18.2. The quantitative estimate of drug-likeness (QED) is 0.0707. The van der Waals surface area contributed by atoms with E-state index < -0.39 is 47.1 Å². The van der Waals surface area contributed by atoms with Crippen LogP contribution in [0.5, 0.6) is 0 Å². The third kappa shape index (κ3) is 14.0. The maximum Gasteiger partial charge on any atom is 0.246 e. The Morgan fingerprint density at radius 1 is 0.638 bits per heavy atom. The summed E-state index contributed by atoms with van der Waals surface area (Å²) in [5.74, 6) is 0.921. The van der Waals surface area contributed by atoms with Crippen molar-refractivity contribution in [3.8, 4) is 0 Å². The topological polar surface area (TPSA) is 175 Å². The number of hydrogen-bond acceptors (Lipinski definition) is 13. The van der Waals surface area contributed by atoms with Crippen molar-refractivity contribution in [1.29, 1.82) is 0 Å². The maximum atomic E-state index is 14.4. The number of thioether (sulfide) groups is 2. The van der Waals surface area contributed by atoms with Gasteiger partial charge in [0.15, 0.2) is 0 Å². The minimum absolute atomic E-state index is 0.0913. The van der Waals surface area contributed by atoms with Gasteiger partial charge >= 0.3 is 0 Å². The average molecular weight is 1030 g/mol. The fraction of sp³-hybridized carbons (Fsp3) is 0.640. The number of likely N-dealkylation sites (N-methyl/N-ethyl adjacent to an activating group) is 2. The lowest BCUT2D eigenvalue weighted by Gasteiger charge is -2.35. The van der Waals surface area contributed by atoms with E-state index in [1.807, 2.05) is 88.6 Å². The lowest BCUT2D eigenvalue weighted by Crippen LogP contribution is -2.58. The van der Waals surface area contributed by atoms with E-state index >= 15 is 0 Å². The Hall–Kier alpha value is -3.40. The predicted molar refractivity (Wildman–Crippen MR) is 283 cm³/mol. The highest BCUT2D eigenvalue weighted by atomic mass is 32.2. The lowest BCUT2D eigenvalue weighted by molar-refractivity contribution is -0.142. The molecule has 0 aromatic heterocycles. The molecule has 0 bridgehead atoms. The Kier molecular flexibility index (Phi) is 20.1. The zero-order chi connectivity index (χ0) is 49.9. The molecule has 10 atom stereocenters. The molecule has 380 valence electrons. The monoisotopic (exact) mass is 1030 g/mol. The molecule has 4 saturated heterocycles. The van der Waals surface area contributed by atoms with Crippen molar-refractivity contribution in [3.05, 3.63) is 71.8 Å². The molecule has 0 spiro atoms. The average Bonchev–Trinajstić information content (AvgIpc) is 3.65. The van der Waals surface area contributed by atoms with Crippen molar-refractivity contribution < 1.29 is 33.4 Å².